The van der Waals surface area contributed by atoms with E-state index in [1.807, 2.05) is 0 Å². The van der Waals surface area contributed by atoms with Gasteiger partial charge in [-0.25, -0.2) is 13.8 Å². The lowest BCUT2D eigenvalue weighted by Gasteiger charge is -1.93. The monoisotopic (exact) mass is 220 g/mol. The van der Waals surface area contributed by atoms with Crippen LogP contribution in [0.15, 0.2) is 0 Å². The van der Waals surface area contributed by atoms with Gasteiger partial charge in [-0.05, 0) is 14.0 Å². The van der Waals surface area contributed by atoms with Gasteiger partial charge in [-0.3, -0.25) is 4.79 Å². The van der Waals surface area contributed by atoms with Gasteiger partial charge in [0.25, 0.3) is 5.78 Å². The average Bonchev–Trinajstić information content (AvgIpc) is 2.47. The van der Waals surface area contributed by atoms with Crippen molar-refractivity contribution in [3.05, 3.63) is 15.6 Å². The lowest BCUT2D eigenvalue weighted by atomic mass is 10.4. The molecule has 6 heteroatoms. The molecule has 0 saturated carbocycles. The lowest BCUT2D eigenvalue weighted by molar-refractivity contribution is 0.0678. The zero-order valence-electron chi connectivity index (χ0n) is 7.80. The lowest BCUT2D eigenvalue weighted by Crippen LogP contribution is -2.09. The van der Waals surface area contributed by atoms with Crippen LogP contribution in [-0.2, 0) is 6.54 Å². The van der Waals surface area contributed by atoms with E-state index < -0.39 is 12.2 Å². The molecular weight excluding hydrogens is 210 g/mol. The standard InChI is InChI=1S/C8H10F2N2OS/c1-4-5(3-11-2)14-8(12-4)6(13)7(9)10/h7,11H,3H2,1-2H3. The predicted octanol–water partition coefficient (Wildman–Crippen LogP) is 1.62. The van der Waals surface area contributed by atoms with Crippen molar-refractivity contribution in [1.29, 1.82) is 0 Å². The summed E-state index contributed by atoms with van der Waals surface area (Å²) in [6.45, 7) is 2.24. The van der Waals surface area contributed by atoms with Gasteiger partial charge >= 0.3 is 6.43 Å². The Bertz CT molecular complexity index is 338. The van der Waals surface area contributed by atoms with Crippen molar-refractivity contribution < 1.29 is 13.6 Å². The summed E-state index contributed by atoms with van der Waals surface area (Å²) >= 11 is 1.02. The molecule has 1 heterocycles. The van der Waals surface area contributed by atoms with Gasteiger partial charge in [-0.1, -0.05) is 0 Å². The van der Waals surface area contributed by atoms with Gasteiger partial charge in [0, 0.05) is 11.4 Å². The molecule has 1 aromatic heterocycles. The highest BCUT2D eigenvalue weighted by atomic mass is 32.1. The first-order chi connectivity index (χ1) is 6.56. The Morgan fingerprint density at radius 3 is 2.79 bits per heavy atom. The van der Waals surface area contributed by atoms with Gasteiger partial charge in [0.05, 0.1) is 5.69 Å². The smallest absolute Gasteiger partial charge is 0.303 e. The number of Topliss-reactive ketones (excluding diaryl/α,β-unsaturated/α-hetero) is 1. The highest BCUT2D eigenvalue weighted by Crippen LogP contribution is 2.20. The Morgan fingerprint density at radius 2 is 2.29 bits per heavy atom. The largest absolute Gasteiger partial charge is 0.315 e. The minimum atomic E-state index is -2.97. The molecule has 0 unspecified atom stereocenters. The second-order valence-corrected chi connectivity index (χ2v) is 3.81. The minimum absolute atomic E-state index is 0.109. The number of aromatic nitrogens is 1. The van der Waals surface area contributed by atoms with E-state index in [0.29, 0.717) is 12.2 Å². The Morgan fingerprint density at radius 1 is 1.64 bits per heavy atom. The molecule has 0 aliphatic rings. The molecule has 0 fully saturated rings. The fraction of sp³-hybridized carbons (Fsp3) is 0.500. The molecule has 78 valence electrons. The Balaban J connectivity index is 2.90. The molecule has 0 radical (unpaired) electrons. The molecule has 0 aromatic carbocycles. The molecule has 0 spiro atoms. The summed E-state index contributed by atoms with van der Waals surface area (Å²) in [4.78, 5) is 15.5. The van der Waals surface area contributed by atoms with E-state index in [1.54, 1.807) is 14.0 Å². The fourth-order valence-corrected chi connectivity index (χ4v) is 1.97. The molecule has 0 aliphatic heterocycles. The molecule has 0 amide bonds. The summed E-state index contributed by atoms with van der Waals surface area (Å²) in [5.74, 6) is -1.19. The number of nitrogens with zero attached hydrogens (tertiary/aromatic N) is 1. The molecule has 3 nitrogen and oxygen atoms in total. The average molecular weight is 220 g/mol. The topological polar surface area (TPSA) is 42.0 Å². The first-order valence-corrected chi connectivity index (χ1v) is 4.81. The number of carbonyl (C=O) groups excluding carboxylic acids is 1. The third-order valence-electron chi connectivity index (χ3n) is 1.64. The molecule has 0 bridgehead atoms. The van der Waals surface area contributed by atoms with Gasteiger partial charge in [-0.15, -0.1) is 11.3 Å². The van der Waals surface area contributed by atoms with E-state index in [0.717, 1.165) is 16.2 Å². The molecule has 0 atom stereocenters. The van der Waals surface area contributed by atoms with Crippen molar-refractivity contribution in [2.24, 2.45) is 0 Å². The van der Waals surface area contributed by atoms with Crippen LogP contribution in [0.4, 0.5) is 8.78 Å². The van der Waals surface area contributed by atoms with Gasteiger partial charge in [0.2, 0.25) is 0 Å². The zero-order valence-corrected chi connectivity index (χ0v) is 8.62. The van der Waals surface area contributed by atoms with Crippen LogP contribution in [0, 0.1) is 6.92 Å². The predicted molar refractivity (Wildman–Crippen MR) is 49.9 cm³/mol. The number of rotatable bonds is 4. The van der Waals surface area contributed by atoms with Crippen molar-refractivity contribution in [3.63, 3.8) is 0 Å². The van der Waals surface area contributed by atoms with Crippen molar-refractivity contribution >= 4 is 17.1 Å². The number of thiazole rings is 1. The first kappa shape index (κ1) is 11.2. The summed E-state index contributed by atoms with van der Waals surface area (Å²) in [5.41, 5.74) is 0.633. The number of carbonyl (C=O) groups is 1. The Kier molecular flexibility index (Phi) is 3.65. The van der Waals surface area contributed by atoms with E-state index in [2.05, 4.69) is 10.3 Å². The molecule has 1 N–H and O–H groups in total. The summed E-state index contributed by atoms with van der Waals surface area (Å²) in [6, 6.07) is 0. The van der Waals surface area contributed by atoms with Crippen LogP contribution >= 0.6 is 11.3 Å². The number of alkyl halides is 2. The van der Waals surface area contributed by atoms with E-state index in [1.165, 1.54) is 0 Å². The number of aryl methyl sites for hydroxylation is 1. The molecule has 0 aliphatic carbocycles. The van der Waals surface area contributed by atoms with Crippen LogP contribution in [0.1, 0.15) is 20.4 Å². The van der Waals surface area contributed by atoms with E-state index >= 15 is 0 Å². The van der Waals surface area contributed by atoms with Crippen molar-refractivity contribution in [1.82, 2.24) is 10.3 Å². The highest BCUT2D eigenvalue weighted by Gasteiger charge is 2.22. The summed E-state index contributed by atoms with van der Waals surface area (Å²) in [5, 5.41) is 2.77. The summed E-state index contributed by atoms with van der Waals surface area (Å²) in [6.07, 6.45) is -2.97. The van der Waals surface area contributed by atoms with Gasteiger partial charge in [0.15, 0.2) is 5.01 Å². The van der Waals surface area contributed by atoms with Crippen LogP contribution in [0.2, 0.25) is 0 Å². The normalized spacial score (nSPS) is 10.9. The van der Waals surface area contributed by atoms with Crippen LogP contribution in [0.3, 0.4) is 0 Å². The first-order valence-electron chi connectivity index (χ1n) is 3.99. The summed E-state index contributed by atoms with van der Waals surface area (Å²) < 4.78 is 24.1. The van der Waals surface area contributed by atoms with E-state index in [9.17, 15) is 13.6 Å². The number of nitrogens with one attached hydrogen (secondary N) is 1. The summed E-state index contributed by atoms with van der Waals surface area (Å²) in [7, 11) is 1.74. The van der Waals surface area contributed by atoms with Crippen LogP contribution < -0.4 is 5.32 Å². The van der Waals surface area contributed by atoms with Crippen LogP contribution in [-0.4, -0.2) is 24.2 Å². The number of hydrogen-bond donors (Lipinski definition) is 1. The van der Waals surface area contributed by atoms with Crippen molar-refractivity contribution in [2.45, 2.75) is 19.9 Å². The fourth-order valence-electron chi connectivity index (χ4n) is 0.951. The Hall–Kier alpha value is -0.880. The van der Waals surface area contributed by atoms with Crippen molar-refractivity contribution in [2.75, 3.05) is 7.05 Å². The number of hydrogen-bond acceptors (Lipinski definition) is 4. The number of halogens is 2. The Labute approximate surface area is 84.2 Å². The maximum Gasteiger partial charge on any atom is 0.303 e. The van der Waals surface area contributed by atoms with Crippen LogP contribution in [0.25, 0.3) is 0 Å². The third kappa shape index (κ3) is 2.33. The molecule has 0 saturated heterocycles. The van der Waals surface area contributed by atoms with Crippen molar-refractivity contribution in [3.8, 4) is 0 Å². The molecule has 14 heavy (non-hydrogen) atoms. The quantitative estimate of drug-likeness (QED) is 0.784. The zero-order chi connectivity index (χ0) is 10.7. The molecular formula is C8H10F2N2OS. The van der Waals surface area contributed by atoms with Crippen LogP contribution in [0.5, 0.6) is 0 Å². The third-order valence-corrected chi connectivity index (χ3v) is 2.81. The van der Waals surface area contributed by atoms with Gasteiger partial charge in [0.1, 0.15) is 0 Å². The maximum absolute atomic E-state index is 12.0. The van der Waals surface area contributed by atoms with Gasteiger partial charge in [-0.2, -0.15) is 0 Å². The number of ketones is 1. The second kappa shape index (κ2) is 4.56. The van der Waals surface area contributed by atoms with E-state index in [-0.39, 0.29) is 5.01 Å². The highest BCUT2D eigenvalue weighted by molar-refractivity contribution is 7.13. The molecule has 1 aromatic rings. The van der Waals surface area contributed by atoms with E-state index in [4.69, 9.17) is 0 Å². The molecule has 1 rings (SSSR count). The second-order valence-electron chi connectivity index (χ2n) is 2.72. The SMILES string of the molecule is CNCc1sc(C(=O)C(F)F)nc1C. The minimum Gasteiger partial charge on any atom is -0.315 e. The van der Waals surface area contributed by atoms with Gasteiger partial charge < -0.3 is 5.32 Å². The maximum atomic E-state index is 12.0.